The Hall–Kier alpha value is -2.24. The zero-order chi connectivity index (χ0) is 17.2. The van der Waals surface area contributed by atoms with Gasteiger partial charge in [-0.15, -0.1) is 0 Å². The Morgan fingerprint density at radius 2 is 1.96 bits per heavy atom. The smallest absolute Gasteiger partial charge is 0.256 e. The fraction of sp³-hybridized carbons (Fsp3) is 0.250. The van der Waals surface area contributed by atoms with Crippen molar-refractivity contribution in [1.82, 2.24) is 10.2 Å². The van der Waals surface area contributed by atoms with Crippen LogP contribution in [0.3, 0.4) is 0 Å². The van der Waals surface area contributed by atoms with Crippen molar-refractivity contribution in [3.05, 3.63) is 70.3 Å². The maximum Gasteiger partial charge on any atom is 0.256 e. The zero-order valence-electron chi connectivity index (χ0n) is 14.1. The lowest BCUT2D eigenvalue weighted by atomic mass is 10.1. The van der Waals surface area contributed by atoms with Crippen molar-refractivity contribution in [2.45, 2.75) is 17.9 Å². The van der Waals surface area contributed by atoms with Gasteiger partial charge in [0, 0.05) is 35.1 Å². The standard InChI is InChI=1S/C20H20N2O2S/c1-24-15-8-6-14(7-9-15)12-22-11-10-19-17(13-22)21-20(23)16-4-2-3-5-18(16)25-19/h2-9H,10-13H2,1H3,(H,21,23). The van der Waals surface area contributed by atoms with Gasteiger partial charge in [-0.2, -0.15) is 0 Å². The van der Waals surface area contributed by atoms with E-state index in [1.54, 1.807) is 18.9 Å². The number of fused-ring (bicyclic) bond motifs is 1. The molecule has 4 rings (SSSR count). The van der Waals surface area contributed by atoms with E-state index >= 15 is 0 Å². The summed E-state index contributed by atoms with van der Waals surface area (Å²) in [7, 11) is 1.68. The Labute approximate surface area is 151 Å². The summed E-state index contributed by atoms with van der Waals surface area (Å²) in [5.41, 5.74) is 3.07. The third-order valence-electron chi connectivity index (χ3n) is 4.57. The first kappa shape index (κ1) is 16.2. The molecule has 5 heteroatoms. The predicted octanol–water partition coefficient (Wildman–Crippen LogP) is 3.65. The van der Waals surface area contributed by atoms with Crippen molar-refractivity contribution < 1.29 is 9.53 Å². The van der Waals surface area contributed by atoms with E-state index in [1.165, 1.54) is 10.5 Å². The highest BCUT2D eigenvalue weighted by Gasteiger charge is 2.26. The second kappa shape index (κ2) is 6.94. The number of rotatable bonds is 3. The molecule has 2 aromatic carbocycles. The van der Waals surface area contributed by atoms with Crippen LogP contribution in [0.25, 0.3) is 0 Å². The van der Waals surface area contributed by atoms with Gasteiger partial charge in [0.1, 0.15) is 5.75 Å². The van der Waals surface area contributed by atoms with Gasteiger partial charge in [0.2, 0.25) is 0 Å². The van der Waals surface area contributed by atoms with Crippen LogP contribution in [0, 0.1) is 0 Å². The minimum atomic E-state index is -0.000558. The van der Waals surface area contributed by atoms with Crippen molar-refractivity contribution in [1.29, 1.82) is 0 Å². The Balaban J connectivity index is 1.49. The van der Waals surface area contributed by atoms with Crippen LogP contribution < -0.4 is 10.1 Å². The summed E-state index contributed by atoms with van der Waals surface area (Å²) in [6.45, 7) is 2.64. The van der Waals surface area contributed by atoms with E-state index in [1.807, 2.05) is 36.4 Å². The maximum absolute atomic E-state index is 12.5. The molecule has 1 amide bonds. The lowest BCUT2D eigenvalue weighted by Crippen LogP contribution is -2.37. The van der Waals surface area contributed by atoms with Crippen molar-refractivity contribution in [3.8, 4) is 5.75 Å². The number of hydrogen-bond donors (Lipinski definition) is 1. The molecule has 128 valence electrons. The molecule has 0 atom stereocenters. The van der Waals surface area contributed by atoms with Gasteiger partial charge in [-0.3, -0.25) is 9.69 Å². The van der Waals surface area contributed by atoms with E-state index in [9.17, 15) is 4.79 Å². The molecule has 0 fully saturated rings. The van der Waals surface area contributed by atoms with Crippen molar-refractivity contribution in [2.24, 2.45) is 0 Å². The fourth-order valence-electron chi connectivity index (χ4n) is 3.23. The molecule has 1 N–H and O–H groups in total. The normalized spacial score (nSPS) is 17.4. The van der Waals surface area contributed by atoms with E-state index in [2.05, 4.69) is 22.3 Å². The van der Waals surface area contributed by atoms with Crippen molar-refractivity contribution in [2.75, 3.05) is 20.2 Å². The van der Waals surface area contributed by atoms with Crippen LogP contribution in [0.15, 0.2) is 64.0 Å². The van der Waals surface area contributed by atoms with E-state index in [4.69, 9.17) is 4.74 Å². The first-order chi connectivity index (χ1) is 12.2. The summed E-state index contributed by atoms with van der Waals surface area (Å²) in [5, 5.41) is 3.13. The van der Waals surface area contributed by atoms with Crippen LogP contribution in [0.4, 0.5) is 0 Å². The first-order valence-electron chi connectivity index (χ1n) is 8.38. The molecule has 2 heterocycles. The van der Waals surface area contributed by atoms with Crippen molar-refractivity contribution >= 4 is 17.7 Å². The molecule has 25 heavy (non-hydrogen) atoms. The van der Waals surface area contributed by atoms with E-state index in [0.29, 0.717) is 0 Å². The molecule has 0 aliphatic carbocycles. The van der Waals surface area contributed by atoms with Gasteiger partial charge in [0.25, 0.3) is 5.91 Å². The topological polar surface area (TPSA) is 41.6 Å². The van der Waals surface area contributed by atoms with Gasteiger partial charge in [-0.1, -0.05) is 36.0 Å². The Bertz CT molecular complexity index is 830. The third kappa shape index (κ3) is 3.43. The molecular formula is C20H20N2O2S. The molecule has 0 aromatic heterocycles. The monoisotopic (exact) mass is 352 g/mol. The number of benzene rings is 2. The molecule has 2 aliphatic heterocycles. The number of nitrogens with one attached hydrogen (secondary N) is 1. The summed E-state index contributed by atoms with van der Waals surface area (Å²) in [5.74, 6) is 0.872. The summed E-state index contributed by atoms with van der Waals surface area (Å²) in [6, 6.07) is 16.0. The minimum Gasteiger partial charge on any atom is -0.497 e. The molecule has 0 unspecified atom stereocenters. The number of nitrogens with zero attached hydrogens (tertiary/aromatic N) is 1. The molecular weight excluding hydrogens is 332 g/mol. The summed E-state index contributed by atoms with van der Waals surface area (Å²) in [6.07, 6.45) is 0.963. The van der Waals surface area contributed by atoms with Crippen LogP contribution in [0.1, 0.15) is 22.3 Å². The number of thioether (sulfide) groups is 1. The Morgan fingerprint density at radius 3 is 2.76 bits per heavy atom. The highest BCUT2D eigenvalue weighted by atomic mass is 32.2. The predicted molar refractivity (Wildman–Crippen MR) is 99.7 cm³/mol. The van der Waals surface area contributed by atoms with Crippen LogP contribution in [0.2, 0.25) is 0 Å². The van der Waals surface area contributed by atoms with Crippen LogP contribution in [0.5, 0.6) is 5.75 Å². The molecule has 0 saturated carbocycles. The molecule has 0 radical (unpaired) electrons. The van der Waals surface area contributed by atoms with E-state index < -0.39 is 0 Å². The van der Waals surface area contributed by atoms with Crippen LogP contribution in [-0.4, -0.2) is 31.0 Å². The highest BCUT2D eigenvalue weighted by molar-refractivity contribution is 8.03. The average molecular weight is 352 g/mol. The molecule has 0 saturated heterocycles. The Morgan fingerprint density at radius 1 is 1.16 bits per heavy atom. The lowest BCUT2D eigenvalue weighted by molar-refractivity contribution is 0.0958. The molecule has 2 aliphatic rings. The molecule has 4 nitrogen and oxygen atoms in total. The van der Waals surface area contributed by atoms with Gasteiger partial charge in [-0.05, 0) is 36.2 Å². The summed E-state index contributed by atoms with van der Waals surface area (Å²) >= 11 is 1.73. The molecule has 0 bridgehead atoms. The van der Waals surface area contributed by atoms with Gasteiger partial charge in [-0.25, -0.2) is 0 Å². The van der Waals surface area contributed by atoms with Gasteiger partial charge in [0.15, 0.2) is 0 Å². The van der Waals surface area contributed by atoms with Crippen LogP contribution in [-0.2, 0) is 6.54 Å². The number of methoxy groups -OCH3 is 1. The average Bonchev–Trinajstić information content (AvgIpc) is 2.78. The second-order valence-corrected chi connectivity index (χ2v) is 7.40. The zero-order valence-corrected chi connectivity index (χ0v) is 14.9. The number of ether oxygens (including phenoxy) is 1. The number of hydrogen-bond acceptors (Lipinski definition) is 4. The largest absolute Gasteiger partial charge is 0.497 e. The molecule has 2 aromatic rings. The number of carbonyl (C=O) groups excluding carboxylic acids is 1. The Kier molecular flexibility index (Phi) is 4.51. The van der Waals surface area contributed by atoms with Gasteiger partial charge in [0.05, 0.1) is 12.7 Å². The number of carbonyl (C=O) groups is 1. The first-order valence-corrected chi connectivity index (χ1v) is 9.20. The van der Waals surface area contributed by atoms with Gasteiger partial charge >= 0.3 is 0 Å². The van der Waals surface area contributed by atoms with E-state index in [-0.39, 0.29) is 5.91 Å². The second-order valence-electron chi connectivity index (χ2n) is 6.26. The third-order valence-corrected chi connectivity index (χ3v) is 5.84. The minimum absolute atomic E-state index is 0.000558. The van der Waals surface area contributed by atoms with Gasteiger partial charge < -0.3 is 10.1 Å². The van der Waals surface area contributed by atoms with Crippen LogP contribution >= 0.6 is 11.8 Å². The lowest BCUT2D eigenvalue weighted by Gasteiger charge is -2.29. The number of amides is 1. The summed E-state index contributed by atoms with van der Waals surface area (Å²) < 4.78 is 5.21. The fourth-order valence-corrected chi connectivity index (χ4v) is 4.34. The molecule has 0 spiro atoms. The quantitative estimate of drug-likeness (QED) is 0.916. The SMILES string of the molecule is COc1ccc(CN2CCC3=C(C2)NC(=O)c2ccccc2S3)cc1. The maximum atomic E-state index is 12.5. The van der Waals surface area contributed by atoms with E-state index in [0.717, 1.165) is 48.0 Å². The summed E-state index contributed by atoms with van der Waals surface area (Å²) in [4.78, 5) is 17.2. The highest BCUT2D eigenvalue weighted by Crippen LogP contribution is 2.37. The van der Waals surface area contributed by atoms with Crippen molar-refractivity contribution in [3.63, 3.8) is 0 Å².